The Morgan fingerprint density at radius 3 is 2.70 bits per heavy atom. The van der Waals surface area contributed by atoms with Gasteiger partial charge < -0.3 is 9.64 Å². The lowest BCUT2D eigenvalue weighted by molar-refractivity contribution is -0.127. The summed E-state index contributed by atoms with van der Waals surface area (Å²) in [6.07, 6.45) is 0. The molecule has 0 unspecified atom stereocenters. The van der Waals surface area contributed by atoms with Crippen molar-refractivity contribution >= 4 is 39.2 Å². The molecule has 1 aromatic carbocycles. The van der Waals surface area contributed by atoms with Gasteiger partial charge in [-0.3, -0.25) is 14.2 Å². The molecule has 0 saturated carbocycles. The number of fused-ring (bicyclic) bond motifs is 1. The highest BCUT2D eigenvalue weighted by atomic mass is 32.2. The molecule has 2 heterocycles. The van der Waals surface area contributed by atoms with Crippen molar-refractivity contribution in [3.8, 4) is 11.4 Å². The van der Waals surface area contributed by atoms with Gasteiger partial charge in [0.05, 0.1) is 24.1 Å². The Morgan fingerprint density at radius 2 is 2.00 bits per heavy atom. The zero-order chi connectivity index (χ0) is 19.4. The Kier molecular flexibility index (Phi) is 6.18. The van der Waals surface area contributed by atoms with Crippen LogP contribution in [-0.4, -0.2) is 46.3 Å². The number of carbonyl (C=O) groups is 1. The van der Waals surface area contributed by atoms with Gasteiger partial charge in [0.25, 0.3) is 5.56 Å². The third-order valence-corrected chi connectivity index (χ3v) is 6.03. The summed E-state index contributed by atoms with van der Waals surface area (Å²) < 4.78 is 7.56. The largest absolute Gasteiger partial charge is 0.495 e. The van der Waals surface area contributed by atoms with Crippen LogP contribution in [0.2, 0.25) is 0 Å². The maximum Gasteiger partial charge on any atom is 0.276 e. The molecular formula is C19H21N3O3S2. The van der Waals surface area contributed by atoms with Crippen molar-refractivity contribution < 1.29 is 9.53 Å². The summed E-state index contributed by atoms with van der Waals surface area (Å²) in [5.41, 5.74) is 1.11. The molecule has 8 heteroatoms. The van der Waals surface area contributed by atoms with Crippen molar-refractivity contribution in [2.75, 3.05) is 26.0 Å². The second-order valence-corrected chi connectivity index (χ2v) is 7.56. The van der Waals surface area contributed by atoms with Crippen LogP contribution in [0.25, 0.3) is 15.9 Å². The van der Waals surface area contributed by atoms with E-state index >= 15 is 0 Å². The van der Waals surface area contributed by atoms with Gasteiger partial charge in [-0.1, -0.05) is 23.9 Å². The minimum absolute atomic E-state index is 0.0243. The van der Waals surface area contributed by atoms with E-state index in [0.29, 0.717) is 39.9 Å². The number of carbonyl (C=O) groups excluding carboxylic acids is 1. The molecule has 2 aromatic heterocycles. The van der Waals surface area contributed by atoms with Gasteiger partial charge in [-0.2, -0.15) is 0 Å². The van der Waals surface area contributed by atoms with Crippen LogP contribution in [-0.2, 0) is 4.79 Å². The summed E-state index contributed by atoms with van der Waals surface area (Å²) in [7, 11) is 1.57. The average Bonchev–Trinajstić information content (AvgIpc) is 3.16. The highest BCUT2D eigenvalue weighted by Crippen LogP contribution is 2.28. The summed E-state index contributed by atoms with van der Waals surface area (Å²) in [5, 5.41) is 2.33. The van der Waals surface area contributed by atoms with E-state index in [1.807, 2.05) is 43.5 Å². The number of aromatic nitrogens is 2. The number of methoxy groups -OCH3 is 1. The Labute approximate surface area is 165 Å². The molecule has 0 radical (unpaired) electrons. The van der Waals surface area contributed by atoms with E-state index in [2.05, 4.69) is 4.98 Å². The van der Waals surface area contributed by atoms with Crippen LogP contribution in [0.1, 0.15) is 13.8 Å². The zero-order valence-corrected chi connectivity index (χ0v) is 17.1. The van der Waals surface area contributed by atoms with Gasteiger partial charge in [0.2, 0.25) is 5.91 Å². The van der Waals surface area contributed by atoms with Gasteiger partial charge in [0.15, 0.2) is 5.16 Å². The second kappa shape index (κ2) is 8.58. The maximum atomic E-state index is 13.1. The third kappa shape index (κ3) is 3.86. The molecular weight excluding hydrogens is 382 g/mol. The van der Waals surface area contributed by atoms with Crippen molar-refractivity contribution in [1.29, 1.82) is 0 Å². The molecule has 3 aromatic rings. The lowest BCUT2D eigenvalue weighted by Gasteiger charge is -2.19. The van der Waals surface area contributed by atoms with Crippen molar-refractivity contribution in [3.63, 3.8) is 0 Å². The lowest BCUT2D eigenvalue weighted by Crippen LogP contribution is -2.32. The Balaban J connectivity index is 2.08. The molecule has 0 saturated heterocycles. The second-order valence-electron chi connectivity index (χ2n) is 5.70. The topological polar surface area (TPSA) is 64.4 Å². The van der Waals surface area contributed by atoms with E-state index in [1.165, 1.54) is 27.7 Å². The van der Waals surface area contributed by atoms with Crippen molar-refractivity contribution in [3.05, 3.63) is 46.1 Å². The van der Waals surface area contributed by atoms with Crippen molar-refractivity contribution in [2.45, 2.75) is 19.0 Å². The summed E-state index contributed by atoms with van der Waals surface area (Å²) in [5.74, 6) is 0.823. The van der Waals surface area contributed by atoms with E-state index in [9.17, 15) is 9.59 Å². The van der Waals surface area contributed by atoms with E-state index in [-0.39, 0.29) is 17.2 Å². The van der Waals surface area contributed by atoms with Crippen LogP contribution in [0.3, 0.4) is 0 Å². The minimum atomic E-state index is -0.155. The number of rotatable bonds is 7. The summed E-state index contributed by atoms with van der Waals surface area (Å²) in [4.78, 5) is 32.0. The number of thiophene rings is 1. The molecule has 0 aliphatic heterocycles. The standard InChI is InChI=1S/C19H21N3O3S2/c1-4-21(5-2)16(23)12-27-19-20-13-10-11-26-17(13)18(24)22(19)14-8-6-7-9-15(14)25-3/h6-11H,4-5,12H2,1-3H3. The van der Waals surface area contributed by atoms with Gasteiger partial charge in [-0.15, -0.1) is 11.3 Å². The molecule has 0 N–H and O–H groups in total. The number of hydrogen-bond donors (Lipinski definition) is 0. The predicted molar refractivity (Wildman–Crippen MR) is 110 cm³/mol. The summed E-state index contributed by atoms with van der Waals surface area (Å²) in [6.45, 7) is 5.22. The number of amides is 1. The zero-order valence-electron chi connectivity index (χ0n) is 15.5. The quantitative estimate of drug-likeness (QED) is 0.447. The van der Waals surface area contributed by atoms with Crippen LogP contribution in [0.4, 0.5) is 0 Å². The van der Waals surface area contributed by atoms with Crippen LogP contribution in [0.15, 0.2) is 45.7 Å². The van der Waals surface area contributed by atoms with Crippen molar-refractivity contribution in [2.24, 2.45) is 0 Å². The number of ether oxygens (including phenoxy) is 1. The smallest absolute Gasteiger partial charge is 0.276 e. The molecule has 142 valence electrons. The normalized spacial score (nSPS) is 10.9. The first-order valence-corrected chi connectivity index (χ1v) is 10.5. The molecule has 0 atom stereocenters. The van der Waals surface area contributed by atoms with Crippen LogP contribution < -0.4 is 10.3 Å². The fourth-order valence-electron chi connectivity index (χ4n) is 2.81. The number of hydrogen-bond acceptors (Lipinski definition) is 6. The monoisotopic (exact) mass is 403 g/mol. The number of nitrogens with zero attached hydrogens (tertiary/aromatic N) is 3. The van der Waals surface area contributed by atoms with Gasteiger partial charge in [-0.25, -0.2) is 4.98 Å². The minimum Gasteiger partial charge on any atom is -0.495 e. The van der Waals surface area contributed by atoms with E-state index in [0.717, 1.165) is 0 Å². The molecule has 0 fully saturated rings. The molecule has 1 amide bonds. The fourth-order valence-corrected chi connectivity index (χ4v) is 4.48. The maximum absolute atomic E-state index is 13.1. The first-order chi connectivity index (χ1) is 13.1. The molecule has 0 spiro atoms. The highest BCUT2D eigenvalue weighted by molar-refractivity contribution is 7.99. The Bertz CT molecular complexity index is 1010. The van der Waals surface area contributed by atoms with Crippen LogP contribution in [0, 0.1) is 0 Å². The average molecular weight is 404 g/mol. The fraction of sp³-hybridized carbons (Fsp3) is 0.316. The molecule has 3 rings (SSSR count). The Hall–Kier alpha value is -2.32. The molecule has 0 bridgehead atoms. The number of benzene rings is 1. The molecule has 6 nitrogen and oxygen atoms in total. The SMILES string of the molecule is CCN(CC)C(=O)CSc1nc2ccsc2c(=O)n1-c1ccccc1OC. The van der Waals surface area contributed by atoms with Gasteiger partial charge in [-0.05, 0) is 37.4 Å². The first-order valence-electron chi connectivity index (χ1n) is 8.64. The van der Waals surface area contributed by atoms with Crippen molar-refractivity contribution in [1.82, 2.24) is 14.5 Å². The predicted octanol–water partition coefficient (Wildman–Crippen LogP) is 3.42. The van der Waals surface area contributed by atoms with Crippen LogP contribution >= 0.6 is 23.1 Å². The number of thioether (sulfide) groups is 1. The molecule has 0 aliphatic rings. The summed E-state index contributed by atoms with van der Waals surface area (Å²) >= 11 is 2.63. The molecule has 27 heavy (non-hydrogen) atoms. The van der Waals surface area contributed by atoms with Gasteiger partial charge in [0, 0.05) is 13.1 Å². The van der Waals surface area contributed by atoms with E-state index < -0.39 is 0 Å². The molecule has 0 aliphatic carbocycles. The summed E-state index contributed by atoms with van der Waals surface area (Å²) in [6, 6.07) is 9.14. The first kappa shape index (κ1) is 19.4. The lowest BCUT2D eigenvalue weighted by atomic mass is 10.3. The third-order valence-electron chi connectivity index (χ3n) is 4.22. The Morgan fingerprint density at radius 1 is 1.26 bits per heavy atom. The highest BCUT2D eigenvalue weighted by Gasteiger charge is 2.19. The van der Waals surface area contributed by atoms with Gasteiger partial charge in [0.1, 0.15) is 10.4 Å². The van der Waals surface area contributed by atoms with Crippen LogP contribution in [0.5, 0.6) is 5.75 Å². The van der Waals surface area contributed by atoms with Gasteiger partial charge >= 0.3 is 0 Å². The van der Waals surface area contributed by atoms with E-state index in [4.69, 9.17) is 4.74 Å². The number of para-hydroxylation sites is 2. The van der Waals surface area contributed by atoms with E-state index in [1.54, 1.807) is 18.1 Å².